The fourth-order valence-corrected chi connectivity index (χ4v) is 4.39. The molecule has 6 heteroatoms. The van der Waals surface area contributed by atoms with E-state index in [1.807, 2.05) is 60.1 Å². The van der Waals surface area contributed by atoms with Crippen LogP contribution in [0.2, 0.25) is 5.02 Å². The van der Waals surface area contributed by atoms with Crippen LogP contribution in [-0.2, 0) is 16.0 Å². The average molecular weight is 472 g/mol. The van der Waals surface area contributed by atoms with Crippen molar-refractivity contribution in [1.29, 1.82) is 0 Å². The molecule has 1 aromatic carbocycles. The molecule has 0 spiro atoms. The molecule has 2 fully saturated rings. The monoisotopic (exact) mass is 471 g/mol. The normalized spacial score (nSPS) is 21.2. The van der Waals surface area contributed by atoms with Crippen LogP contribution >= 0.6 is 11.6 Å². The van der Waals surface area contributed by atoms with Gasteiger partial charge in [-0.25, -0.2) is 0 Å². The molecule has 2 aliphatic rings. The lowest BCUT2D eigenvalue weighted by molar-refractivity contribution is -0.128. The number of ketones is 1. The maximum Gasteiger partial charge on any atom is 0.246 e. The SMILES string of the molecule is C=C1C(C)N(C(=O)/C=C/C2CCCN2)CCN1/C(=C\CC)C(C)=O.CCc1ccccc1Cl. The number of carbonyl (C=O) groups is 2. The lowest BCUT2D eigenvalue weighted by atomic mass is 10.1. The molecule has 2 unspecified atom stereocenters. The van der Waals surface area contributed by atoms with Crippen LogP contribution in [0.1, 0.15) is 52.5 Å². The summed E-state index contributed by atoms with van der Waals surface area (Å²) in [5.74, 6) is 0.0537. The summed E-state index contributed by atoms with van der Waals surface area (Å²) >= 11 is 5.82. The molecule has 33 heavy (non-hydrogen) atoms. The third kappa shape index (κ3) is 7.58. The molecule has 2 heterocycles. The van der Waals surface area contributed by atoms with Crippen LogP contribution in [0.5, 0.6) is 0 Å². The zero-order valence-corrected chi connectivity index (χ0v) is 21.2. The van der Waals surface area contributed by atoms with Gasteiger partial charge in [0.2, 0.25) is 5.91 Å². The van der Waals surface area contributed by atoms with E-state index in [1.165, 1.54) is 5.56 Å². The number of nitrogens with one attached hydrogen (secondary N) is 1. The van der Waals surface area contributed by atoms with E-state index in [4.69, 9.17) is 11.6 Å². The first kappa shape index (κ1) is 26.9. The van der Waals surface area contributed by atoms with Crippen molar-refractivity contribution in [3.63, 3.8) is 0 Å². The van der Waals surface area contributed by atoms with Crippen molar-refractivity contribution >= 4 is 23.3 Å². The maximum atomic E-state index is 12.5. The van der Waals surface area contributed by atoms with Gasteiger partial charge in [-0.2, -0.15) is 0 Å². The molecule has 0 bridgehead atoms. The van der Waals surface area contributed by atoms with E-state index in [9.17, 15) is 9.59 Å². The summed E-state index contributed by atoms with van der Waals surface area (Å²) in [5, 5.41) is 4.23. The van der Waals surface area contributed by atoms with Gasteiger partial charge >= 0.3 is 0 Å². The van der Waals surface area contributed by atoms with Crippen molar-refractivity contribution in [2.24, 2.45) is 0 Å². The third-order valence-corrected chi connectivity index (χ3v) is 6.47. The topological polar surface area (TPSA) is 52.7 Å². The number of Topliss-reactive ketones (excluding diaryl/α,β-unsaturated/α-hetero) is 1. The zero-order chi connectivity index (χ0) is 24.4. The van der Waals surface area contributed by atoms with Crippen LogP contribution in [0.3, 0.4) is 0 Å². The Bertz CT molecular complexity index is 887. The number of benzene rings is 1. The zero-order valence-electron chi connectivity index (χ0n) is 20.4. The smallest absolute Gasteiger partial charge is 0.246 e. The molecule has 3 rings (SSSR count). The highest BCUT2D eigenvalue weighted by molar-refractivity contribution is 6.31. The van der Waals surface area contributed by atoms with Gasteiger partial charge in [0.1, 0.15) is 0 Å². The molecule has 1 N–H and O–H groups in total. The van der Waals surface area contributed by atoms with Gasteiger partial charge in [-0.3, -0.25) is 9.59 Å². The molecule has 1 amide bonds. The highest BCUT2D eigenvalue weighted by Gasteiger charge is 2.31. The Hall–Kier alpha value is -2.37. The number of hydrogen-bond acceptors (Lipinski definition) is 4. The highest BCUT2D eigenvalue weighted by Crippen LogP contribution is 2.24. The van der Waals surface area contributed by atoms with E-state index < -0.39 is 0 Å². The van der Waals surface area contributed by atoms with Gasteiger partial charge in [0, 0.05) is 42.9 Å². The van der Waals surface area contributed by atoms with Crippen molar-refractivity contribution in [2.75, 3.05) is 19.6 Å². The van der Waals surface area contributed by atoms with Crippen molar-refractivity contribution in [2.45, 2.75) is 65.5 Å². The van der Waals surface area contributed by atoms with Gasteiger partial charge in [-0.05, 0) is 50.8 Å². The third-order valence-electron chi connectivity index (χ3n) is 6.10. The van der Waals surface area contributed by atoms with Gasteiger partial charge in [-0.1, -0.05) is 62.4 Å². The first-order valence-electron chi connectivity index (χ1n) is 11.9. The van der Waals surface area contributed by atoms with E-state index in [1.54, 1.807) is 13.0 Å². The van der Waals surface area contributed by atoms with Gasteiger partial charge < -0.3 is 15.1 Å². The Morgan fingerprint density at radius 2 is 1.97 bits per heavy atom. The second-order valence-corrected chi connectivity index (χ2v) is 8.82. The molecule has 2 aliphatic heterocycles. The van der Waals surface area contributed by atoms with E-state index in [2.05, 4.69) is 18.8 Å². The van der Waals surface area contributed by atoms with Crippen LogP contribution in [0.4, 0.5) is 0 Å². The van der Waals surface area contributed by atoms with Gasteiger partial charge in [0.15, 0.2) is 5.78 Å². The number of aryl methyl sites for hydroxylation is 1. The summed E-state index contributed by atoms with van der Waals surface area (Å²) in [7, 11) is 0. The van der Waals surface area contributed by atoms with Gasteiger partial charge in [0.05, 0.1) is 11.7 Å². The number of allylic oxidation sites excluding steroid dienone is 2. The lowest BCUT2D eigenvalue weighted by Gasteiger charge is -2.42. The quantitative estimate of drug-likeness (QED) is 0.584. The van der Waals surface area contributed by atoms with Crippen molar-refractivity contribution < 1.29 is 9.59 Å². The lowest BCUT2D eigenvalue weighted by Crippen LogP contribution is -2.52. The number of amides is 1. The highest BCUT2D eigenvalue weighted by atomic mass is 35.5. The van der Waals surface area contributed by atoms with Gasteiger partial charge in [0.25, 0.3) is 0 Å². The van der Waals surface area contributed by atoms with Crippen molar-refractivity contribution in [3.05, 3.63) is 71.1 Å². The average Bonchev–Trinajstić information content (AvgIpc) is 3.32. The Labute approximate surface area is 204 Å². The number of nitrogens with zero attached hydrogens (tertiary/aromatic N) is 2. The van der Waals surface area contributed by atoms with E-state index in [0.29, 0.717) is 24.8 Å². The summed E-state index contributed by atoms with van der Waals surface area (Å²) in [5.41, 5.74) is 2.71. The van der Waals surface area contributed by atoms with Crippen LogP contribution in [0.25, 0.3) is 0 Å². The summed E-state index contributed by atoms with van der Waals surface area (Å²) in [6, 6.07) is 8.10. The molecule has 2 atom stereocenters. The molecule has 180 valence electrons. The molecule has 0 aliphatic carbocycles. The minimum Gasteiger partial charge on any atom is -0.339 e. The Balaban J connectivity index is 0.000000357. The first-order chi connectivity index (χ1) is 15.8. The molecular formula is C27H38ClN3O2. The van der Waals surface area contributed by atoms with Crippen LogP contribution in [-0.4, -0.2) is 53.2 Å². The number of hydrogen-bond donors (Lipinski definition) is 1. The van der Waals surface area contributed by atoms with Crippen molar-refractivity contribution in [1.82, 2.24) is 15.1 Å². The Kier molecular flexibility index (Phi) is 10.9. The van der Waals surface area contributed by atoms with E-state index in [0.717, 1.165) is 42.9 Å². The minimum atomic E-state index is -0.118. The maximum absolute atomic E-state index is 12.5. The molecule has 1 aromatic rings. The number of rotatable bonds is 6. The molecular weight excluding hydrogens is 434 g/mol. The second-order valence-electron chi connectivity index (χ2n) is 8.41. The fraction of sp³-hybridized carbons (Fsp3) is 0.481. The standard InChI is InChI=1S/C19H29N3O2.C8H9Cl/c1-5-7-18(16(4)23)21-12-13-22(15(3)14(21)2)19(24)10-9-17-8-6-11-20-17;1-2-7-5-3-4-6-8(7)9/h7,9-10,15,17,20H,2,5-6,8,11-13H2,1,3-4H3;3-6H,2H2,1H3/b10-9+,18-7-;. The second kappa shape index (κ2) is 13.4. The molecule has 0 radical (unpaired) electrons. The molecule has 2 saturated heterocycles. The largest absolute Gasteiger partial charge is 0.339 e. The molecule has 0 aromatic heterocycles. The van der Waals surface area contributed by atoms with E-state index >= 15 is 0 Å². The van der Waals surface area contributed by atoms with Crippen LogP contribution in [0, 0.1) is 0 Å². The Morgan fingerprint density at radius 3 is 2.52 bits per heavy atom. The predicted molar refractivity (Wildman–Crippen MR) is 137 cm³/mol. The summed E-state index contributed by atoms with van der Waals surface area (Å²) in [6.07, 6.45) is 9.64. The Morgan fingerprint density at radius 1 is 1.24 bits per heavy atom. The summed E-state index contributed by atoms with van der Waals surface area (Å²) in [6.45, 7) is 14.0. The molecule has 5 nitrogen and oxygen atoms in total. The van der Waals surface area contributed by atoms with Crippen LogP contribution < -0.4 is 5.32 Å². The predicted octanol–water partition coefficient (Wildman–Crippen LogP) is 5.13. The fourth-order valence-electron chi connectivity index (χ4n) is 4.12. The van der Waals surface area contributed by atoms with Gasteiger partial charge in [-0.15, -0.1) is 0 Å². The van der Waals surface area contributed by atoms with E-state index in [-0.39, 0.29) is 17.7 Å². The number of carbonyl (C=O) groups excluding carboxylic acids is 2. The number of halogens is 1. The molecule has 0 saturated carbocycles. The van der Waals surface area contributed by atoms with Crippen LogP contribution in [0.15, 0.2) is 60.5 Å². The van der Waals surface area contributed by atoms with Crippen molar-refractivity contribution in [3.8, 4) is 0 Å². The first-order valence-corrected chi connectivity index (χ1v) is 12.3. The summed E-state index contributed by atoms with van der Waals surface area (Å²) in [4.78, 5) is 28.2. The summed E-state index contributed by atoms with van der Waals surface area (Å²) < 4.78 is 0. The number of piperazine rings is 1. The minimum absolute atomic E-state index is 0.0147.